The van der Waals surface area contributed by atoms with Gasteiger partial charge < -0.3 is 0 Å². The molecule has 0 amide bonds. The average Bonchev–Trinajstić information content (AvgIpc) is 3.15. The molecule has 0 unspecified atom stereocenters. The maximum absolute atomic E-state index is 11.7. The minimum Gasteiger partial charge on any atom is -0.297 e. The highest BCUT2D eigenvalue weighted by Gasteiger charge is 2.33. The van der Waals surface area contributed by atoms with Crippen LogP contribution in [0.1, 0.15) is 12.2 Å². The van der Waals surface area contributed by atoms with Gasteiger partial charge in [0.05, 0.1) is 18.2 Å². The van der Waals surface area contributed by atoms with E-state index in [9.17, 15) is 8.42 Å². The van der Waals surface area contributed by atoms with Gasteiger partial charge in [-0.2, -0.15) is 5.10 Å². The number of nitrogens with zero attached hydrogens (tertiary/aromatic N) is 5. The van der Waals surface area contributed by atoms with Crippen molar-refractivity contribution in [2.24, 2.45) is 0 Å². The minimum absolute atomic E-state index is 0.193. The summed E-state index contributed by atoms with van der Waals surface area (Å²) < 4.78 is 28.0. The van der Waals surface area contributed by atoms with Gasteiger partial charge in [-0.25, -0.2) is 13.1 Å². The summed E-state index contributed by atoms with van der Waals surface area (Å²) in [5.74, 6) is 1.53. The Morgan fingerprint density at radius 2 is 1.85 bits per heavy atom. The quantitative estimate of drug-likeness (QED) is 0.716. The molecule has 0 saturated carbocycles. The van der Waals surface area contributed by atoms with E-state index in [0.717, 1.165) is 44.1 Å². The zero-order valence-electron chi connectivity index (χ0n) is 15.5. The number of piperazine rings is 1. The predicted octanol–water partition coefficient (Wildman–Crippen LogP) is 1.47. The Bertz CT molecular complexity index is 959. The van der Waals surface area contributed by atoms with Crippen LogP contribution in [0.4, 0.5) is 0 Å². The lowest BCUT2D eigenvalue weighted by molar-refractivity contribution is 0.0807. The predicted molar refractivity (Wildman–Crippen MR) is 107 cm³/mol. The van der Waals surface area contributed by atoms with Crippen LogP contribution in [0, 0.1) is 11.7 Å². The SMILES string of the molecule is Cc1nn(CN2CCN([C@@H]3CCS(=O)(=O)C3)CC2)c(=S)n1-c1ccccc1. The monoisotopic (exact) mass is 407 g/mol. The normalized spacial score (nSPS) is 23.7. The van der Waals surface area contributed by atoms with E-state index in [1.165, 1.54) is 0 Å². The van der Waals surface area contributed by atoms with Gasteiger partial charge >= 0.3 is 0 Å². The maximum atomic E-state index is 11.7. The third-order valence-electron chi connectivity index (χ3n) is 5.48. The molecule has 0 spiro atoms. The van der Waals surface area contributed by atoms with Crippen molar-refractivity contribution < 1.29 is 8.42 Å². The summed E-state index contributed by atoms with van der Waals surface area (Å²) in [6, 6.07) is 10.2. The molecular weight excluding hydrogens is 382 g/mol. The molecule has 1 aromatic carbocycles. The second-order valence-electron chi connectivity index (χ2n) is 7.35. The number of para-hydroxylation sites is 1. The summed E-state index contributed by atoms with van der Waals surface area (Å²) in [5, 5.41) is 4.64. The zero-order valence-corrected chi connectivity index (χ0v) is 17.1. The van der Waals surface area contributed by atoms with Crippen LogP contribution in [0.5, 0.6) is 0 Å². The third-order valence-corrected chi connectivity index (χ3v) is 7.62. The zero-order chi connectivity index (χ0) is 19.0. The van der Waals surface area contributed by atoms with E-state index < -0.39 is 9.84 Å². The molecule has 0 radical (unpaired) electrons. The van der Waals surface area contributed by atoms with Crippen molar-refractivity contribution >= 4 is 22.1 Å². The van der Waals surface area contributed by atoms with Gasteiger partial charge in [-0.05, 0) is 37.7 Å². The maximum Gasteiger partial charge on any atom is 0.203 e. The van der Waals surface area contributed by atoms with Crippen LogP contribution in [0.25, 0.3) is 5.69 Å². The highest BCUT2D eigenvalue weighted by molar-refractivity contribution is 7.91. The number of hydrogen-bond acceptors (Lipinski definition) is 6. The third kappa shape index (κ3) is 4.01. The fourth-order valence-corrected chi connectivity index (χ4v) is 6.10. The number of rotatable bonds is 4. The molecule has 0 bridgehead atoms. The van der Waals surface area contributed by atoms with Crippen molar-refractivity contribution in [2.45, 2.75) is 26.1 Å². The van der Waals surface area contributed by atoms with Gasteiger partial charge in [0.15, 0.2) is 9.84 Å². The van der Waals surface area contributed by atoms with Crippen molar-refractivity contribution in [3.05, 3.63) is 40.9 Å². The van der Waals surface area contributed by atoms with Crippen molar-refractivity contribution in [1.29, 1.82) is 0 Å². The molecule has 0 aliphatic carbocycles. The van der Waals surface area contributed by atoms with Crippen molar-refractivity contribution in [3.63, 3.8) is 0 Å². The van der Waals surface area contributed by atoms with Crippen molar-refractivity contribution in [1.82, 2.24) is 24.1 Å². The van der Waals surface area contributed by atoms with Crippen LogP contribution < -0.4 is 0 Å². The second-order valence-corrected chi connectivity index (χ2v) is 9.95. The molecule has 2 aliphatic rings. The van der Waals surface area contributed by atoms with Crippen LogP contribution in [0.3, 0.4) is 0 Å². The molecule has 4 rings (SSSR count). The van der Waals surface area contributed by atoms with E-state index in [1.54, 1.807) is 0 Å². The number of aryl methyl sites for hydroxylation is 1. The number of sulfone groups is 1. The molecule has 0 N–H and O–H groups in total. The first-order valence-corrected chi connectivity index (χ1v) is 11.5. The van der Waals surface area contributed by atoms with Crippen LogP contribution in [-0.2, 0) is 16.5 Å². The van der Waals surface area contributed by atoms with E-state index >= 15 is 0 Å². The van der Waals surface area contributed by atoms with Crippen molar-refractivity contribution in [2.75, 3.05) is 37.7 Å². The molecular formula is C18H25N5O2S2. The highest BCUT2D eigenvalue weighted by atomic mass is 32.2. The molecule has 3 heterocycles. The molecule has 9 heteroatoms. The first-order chi connectivity index (χ1) is 12.9. The molecule has 7 nitrogen and oxygen atoms in total. The van der Waals surface area contributed by atoms with Crippen LogP contribution in [0.2, 0.25) is 0 Å². The second kappa shape index (κ2) is 7.46. The summed E-state index contributed by atoms with van der Waals surface area (Å²) in [5.41, 5.74) is 1.03. The molecule has 27 heavy (non-hydrogen) atoms. The summed E-state index contributed by atoms with van der Waals surface area (Å²) in [6.45, 7) is 6.22. The van der Waals surface area contributed by atoms with E-state index in [-0.39, 0.29) is 6.04 Å². The lowest BCUT2D eigenvalue weighted by Gasteiger charge is -2.37. The number of benzene rings is 1. The minimum atomic E-state index is -2.83. The number of aromatic nitrogens is 3. The largest absolute Gasteiger partial charge is 0.297 e. The molecule has 1 aromatic heterocycles. The fraction of sp³-hybridized carbons (Fsp3) is 0.556. The van der Waals surface area contributed by atoms with E-state index in [2.05, 4.69) is 14.9 Å². The first-order valence-electron chi connectivity index (χ1n) is 9.32. The summed E-state index contributed by atoms with van der Waals surface area (Å²) in [4.78, 5) is 4.66. The number of hydrogen-bond donors (Lipinski definition) is 0. The van der Waals surface area contributed by atoms with Crippen LogP contribution in [0.15, 0.2) is 30.3 Å². The topological polar surface area (TPSA) is 63.4 Å². The van der Waals surface area contributed by atoms with Gasteiger partial charge in [-0.15, -0.1) is 0 Å². The van der Waals surface area contributed by atoms with Gasteiger partial charge in [0.2, 0.25) is 4.77 Å². The molecule has 2 aliphatic heterocycles. The summed E-state index contributed by atoms with van der Waals surface area (Å²) in [7, 11) is -2.83. The molecule has 146 valence electrons. The van der Waals surface area contributed by atoms with Gasteiger partial charge in [-0.3, -0.25) is 14.4 Å². The molecule has 2 aromatic rings. The summed E-state index contributed by atoms with van der Waals surface area (Å²) in [6.07, 6.45) is 0.772. The Kier molecular flexibility index (Phi) is 5.19. The smallest absolute Gasteiger partial charge is 0.203 e. The highest BCUT2D eigenvalue weighted by Crippen LogP contribution is 2.19. The Morgan fingerprint density at radius 1 is 1.15 bits per heavy atom. The molecule has 2 saturated heterocycles. The lowest BCUT2D eigenvalue weighted by Crippen LogP contribution is -2.51. The Balaban J connectivity index is 1.41. The first kappa shape index (κ1) is 18.8. The Morgan fingerprint density at radius 3 is 2.48 bits per heavy atom. The van der Waals surface area contributed by atoms with E-state index in [0.29, 0.717) is 22.9 Å². The Hall–Kier alpha value is -1.55. The molecule has 2 fully saturated rings. The summed E-state index contributed by atoms with van der Waals surface area (Å²) >= 11 is 5.66. The van der Waals surface area contributed by atoms with Gasteiger partial charge in [0.25, 0.3) is 0 Å². The van der Waals surface area contributed by atoms with E-state index in [4.69, 9.17) is 12.2 Å². The van der Waals surface area contributed by atoms with Gasteiger partial charge in [-0.1, -0.05) is 18.2 Å². The van der Waals surface area contributed by atoms with Crippen LogP contribution in [-0.4, -0.2) is 76.3 Å². The lowest BCUT2D eigenvalue weighted by atomic mass is 10.2. The average molecular weight is 408 g/mol. The molecule has 1 atom stereocenters. The van der Waals surface area contributed by atoms with Gasteiger partial charge in [0.1, 0.15) is 5.82 Å². The van der Waals surface area contributed by atoms with E-state index in [1.807, 2.05) is 46.5 Å². The fourth-order valence-electron chi connectivity index (χ4n) is 4.01. The van der Waals surface area contributed by atoms with Gasteiger partial charge in [0, 0.05) is 37.9 Å². The van der Waals surface area contributed by atoms with Crippen LogP contribution >= 0.6 is 12.2 Å². The Labute approximate surface area is 165 Å². The standard InChI is InChI=1S/C18H25N5O2S2/c1-15-19-22(18(26)23(15)16-5-3-2-4-6-16)14-20-8-10-21(11-9-20)17-7-12-27(24,25)13-17/h2-6,17H,7-14H2,1H3/t17-/m1/s1. The van der Waals surface area contributed by atoms with Crippen molar-refractivity contribution in [3.8, 4) is 5.69 Å².